The van der Waals surface area contributed by atoms with Crippen LogP contribution in [0.15, 0.2) is 10.1 Å². The average molecular weight is 523 g/mol. The maximum absolute atomic E-state index is 10.8. The summed E-state index contributed by atoms with van der Waals surface area (Å²) in [5, 5.41) is 54.8. The van der Waals surface area contributed by atoms with Crippen LogP contribution in [0.25, 0.3) is 10.4 Å². The Morgan fingerprint density at radius 2 is 1.61 bits per heavy atom. The topological polar surface area (TPSA) is 227 Å². The van der Waals surface area contributed by atoms with Crippen molar-refractivity contribution in [3.63, 3.8) is 0 Å². The number of ether oxygens (including phenoxy) is 7. The van der Waals surface area contributed by atoms with Crippen molar-refractivity contribution in [3.05, 3.63) is 10.4 Å². The van der Waals surface area contributed by atoms with Gasteiger partial charge in [-0.15, -0.1) is 0 Å². The quantitative estimate of drug-likeness (QED) is 0.0687. The second kappa shape index (κ2) is 14.3. The highest BCUT2D eigenvalue weighted by atomic mass is 16.7. The summed E-state index contributed by atoms with van der Waals surface area (Å²) in [6, 6.07) is -0.801. The highest BCUT2D eigenvalue weighted by molar-refractivity contribution is 5.75. The minimum absolute atomic E-state index is 0.00804. The van der Waals surface area contributed by atoms with Gasteiger partial charge in [-0.25, -0.2) is 4.99 Å². The third-order valence-electron chi connectivity index (χ3n) is 5.86. The summed E-state index contributed by atoms with van der Waals surface area (Å²) in [5.74, 6) is 0.314. The van der Waals surface area contributed by atoms with Crippen molar-refractivity contribution in [3.8, 4) is 0 Å². The zero-order valence-corrected chi connectivity index (χ0v) is 19.8. The fraction of sp³-hybridized carbons (Fsp3) is 0.950. The first kappa shape index (κ1) is 28.9. The van der Waals surface area contributed by atoms with Gasteiger partial charge in [0.15, 0.2) is 12.2 Å². The number of nitrogens with zero attached hydrogens (tertiary/aromatic N) is 4. The number of rotatable bonds is 14. The van der Waals surface area contributed by atoms with E-state index in [9.17, 15) is 25.5 Å². The van der Waals surface area contributed by atoms with E-state index >= 15 is 0 Å². The van der Waals surface area contributed by atoms with E-state index in [-0.39, 0.29) is 39.6 Å². The molecule has 16 nitrogen and oxygen atoms in total. The maximum Gasteiger partial charge on any atom is 0.227 e. The summed E-state index contributed by atoms with van der Waals surface area (Å²) >= 11 is 0. The van der Waals surface area contributed by atoms with E-state index in [0.29, 0.717) is 5.90 Å². The van der Waals surface area contributed by atoms with E-state index in [1.807, 2.05) is 0 Å². The van der Waals surface area contributed by atoms with Gasteiger partial charge in [-0.2, -0.15) is 0 Å². The molecule has 0 aliphatic carbocycles. The lowest BCUT2D eigenvalue weighted by Crippen LogP contribution is -2.64. The van der Waals surface area contributed by atoms with Gasteiger partial charge < -0.3 is 58.7 Å². The molecule has 0 amide bonds. The molecule has 2 fully saturated rings. The van der Waals surface area contributed by atoms with Gasteiger partial charge in [0, 0.05) is 18.4 Å². The number of aliphatic hydroxyl groups is 5. The molecule has 3 aliphatic rings. The summed E-state index contributed by atoms with van der Waals surface area (Å²) in [7, 11) is 0. The molecule has 10 atom stereocenters. The van der Waals surface area contributed by atoms with Crippen LogP contribution in [0.3, 0.4) is 0 Å². The molecular weight excluding hydrogens is 488 g/mol. The smallest absolute Gasteiger partial charge is 0.227 e. The summed E-state index contributed by atoms with van der Waals surface area (Å²) in [6.45, 7) is 1.62. The predicted molar refractivity (Wildman–Crippen MR) is 118 cm³/mol. The average Bonchev–Trinajstić information content (AvgIpc) is 3.25. The number of azide groups is 1. The van der Waals surface area contributed by atoms with Gasteiger partial charge in [-0.3, -0.25) is 0 Å². The molecule has 0 aromatic carbocycles. The normalized spacial score (nSPS) is 38.1. The molecule has 3 rings (SSSR count). The highest BCUT2D eigenvalue weighted by Gasteiger charge is 2.53. The minimum Gasteiger partial charge on any atom is -0.450 e. The molecule has 0 radical (unpaired) electrons. The van der Waals surface area contributed by atoms with Gasteiger partial charge in [0.25, 0.3) is 0 Å². The van der Waals surface area contributed by atoms with Crippen molar-refractivity contribution < 1.29 is 58.7 Å². The van der Waals surface area contributed by atoms with E-state index in [1.54, 1.807) is 6.92 Å². The second-order valence-electron chi connectivity index (χ2n) is 8.29. The molecule has 2 saturated heterocycles. The predicted octanol–water partition coefficient (Wildman–Crippen LogP) is -2.57. The minimum atomic E-state index is -1.51. The molecule has 206 valence electrons. The van der Waals surface area contributed by atoms with Crippen LogP contribution in [0.1, 0.15) is 6.92 Å². The van der Waals surface area contributed by atoms with Gasteiger partial charge in [-0.05, 0) is 5.53 Å². The Morgan fingerprint density at radius 1 is 0.917 bits per heavy atom. The van der Waals surface area contributed by atoms with Gasteiger partial charge in [0.1, 0.15) is 48.8 Å². The maximum atomic E-state index is 10.8. The first-order valence-corrected chi connectivity index (χ1v) is 11.6. The second-order valence-corrected chi connectivity index (χ2v) is 8.29. The van der Waals surface area contributed by atoms with Crippen LogP contribution in [-0.2, 0) is 33.2 Å². The number of aliphatic imine (C=N–C) groups is 1. The van der Waals surface area contributed by atoms with Gasteiger partial charge >= 0.3 is 0 Å². The van der Waals surface area contributed by atoms with Crippen LogP contribution in [0, 0.1) is 0 Å². The SMILES string of the molecule is CC1=NC2[C@@H](O1)OC(CO)[C@@H](O[C@@H]1OC(CO)[C@@H](O)[C@H](OCCOCCOCCN=[N+]=[N-])C1O)[C@@H]2O. The molecule has 16 heteroatoms. The molecule has 3 heterocycles. The van der Waals surface area contributed by atoms with E-state index in [2.05, 4.69) is 15.0 Å². The molecule has 0 saturated carbocycles. The van der Waals surface area contributed by atoms with Crippen LogP contribution in [-0.4, -0.2) is 146 Å². The van der Waals surface area contributed by atoms with Crippen molar-refractivity contribution in [1.29, 1.82) is 0 Å². The van der Waals surface area contributed by atoms with E-state index < -0.39 is 74.6 Å². The summed E-state index contributed by atoms with van der Waals surface area (Å²) in [5.41, 5.74) is 8.18. The lowest BCUT2D eigenvalue weighted by Gasteiger charge is -2.45. The first-order valence-electron chi connectivity index (χ1n) is 11.6. The standard InChI is InChI=1S/C20H34N4O12/c1-10-23-13-15(28)17(12(9-26)35-19(13)33-10)36-20-16(29)18(14(27)11(8-25)34-20)32-7-6-31-5-4-30-3-2-22-24-21/h11-20,25-29H,2-9H2,1H3/t11?,12?,13?,14-,15-,16?,17-,18+,19+,20+/m1/s1. The number of fused-ring (bicyclic) bond motifs is 1. The van der Waals surface area contributed by atoms with Crippen LogP contribution < -0.4 is 0 Å². The molecule has 3 aliphatic heterocycles. The number of aliphatic hydroxyl groups excluding tert-OH is 5. The lowest BCUT2D eigenvalue weighted by molar-refractivity contribution is -0.345. The Balaban J connectivity index is 1.52. The van der Waals surface area contributed by atoms with Gasteiger partial charge in [-0.1, -0.05) is 5.11 Å². The molecule has 0 aromatic rings. The largest absolute Gasteiger partial charge is 0.450 e. The molecule has 4 unspecified atom stereocenters. The van der Waals surface area contributed by atoms with Crippen molar-refractivity contribution in [2.45, 2.75) is 68.3 Å². The monoisotopic (exact) mass is 522 g/mol. The van der Waals surface area contributed by atoms with Crippen LogP contribution in [0.2, 0.25) is 0 Å². The van der Waals surface area contributed by atoms with Crippen molar-refractivity contribution in [1.82, 2.24) is 0 Å². The van der Waals surface area contributed by atoms with E-state index in [0.717, 1.165) is 0 Å². The summed E-state index contributed by atoms with van der Waals surface area (Å²) < 4.78 is 38.5. The van der Waals surface area contributed by atoms with Crippen LogP contribution in [0.5, 0.6) is 0 Å². The summed E-state index contributed by atoms with van der Waals surface area (Å²) in [4.78, 5) is 6.79. The fourth-order valence-electron chi connectivity index (χ4n) is 4.10. The Bertz CT molecular complexity index is 756. The lowest BCUT2D eigenvalue weighted by atomic mass is 9.96. The molecule has 5 N–H and O–H groups in total. The first-order chi connectivity index (χ1) is 17.4. The molecular formula is C20H34N4O12. The molecule has 36 heavy (non-hydrogen) atoms. The third-order valence-corrected chi connectivity index (χ3v) is 5.86. The summed E-state index contributed by atoms with van der Waals surface area (Å²) in [6.07, 6.45) is -11.0. The zero-order valence-electron chi connectivity index (χ0n) is 19.8. The van der Waals surface area contributed by atoms with E-state index in [1.165, 1.54) is 0 Å². The number of hydrogen-bond donors (Lipinski definition) is 5. The van der Waals surface area contributed by atoms with Crippen molar-refractivity contribution in [2.24, 2.45) is 10.1 Å². The fourth-order valence-corrected chi connectivity index (χ4v) is 4.10. The van der Waals surface area contributed by atoms with Crippen molar-refractivity contribution >= 4 is 5.90 Å². The molecule has 0 aromatic heterocycles. The third kappa shape index (κ3) is 7.22. The molecule has 0 spiro atoms. The van der Waals surface area contributed by atoms with Gasteiger partial charge in [0.05, 0.1) is 46.2 Å². The van der Waals surface area contributed by atoms with E-state index in [4.69, 9.17) is 38.7 Å². The Morgan fingerprint density at radius 3 is 2.31 bits per heavy atom. The highest BCUT2D eigenvalue weighted by Crippen LogP contribution is 2.33. The van der Waals surface area contributed by atoms with Crippen LogP contribution >= 0.6 is 0 Å². The molecule has 0 bridgehead atoms. The Hall–Kier alpha value is -1.66. The zero-order chi connectivity index (χ0) is 26.1. The Kier molecular flexibility index (Phi) is 11.5. The Labute approximate surface area is 206 Å². The van der Waals surface area contributed by atoms with Crippen molar-refractivity contribution in [2.75, 3.05) is 52.8 Å². The van der Waals surface area contributed by atoms with Crippen LogP contribution in [0.4, 0.5) is 0 Å². The number of hydrogen-bond acceptors (Lipinski definition) is 14. The van der Waals surface area contributed by atoms with Gasteiger partial charge in [0.2, 0.25) is 6.29 Å².